The second-order valence-corrected chi connectivity index (χ2v) is 9.57. The van der Waals surface area contributed by atoms with Crippen molar-refractivity contribution >= 4 is 39.9 Å². The summed E-state index contributed by atoms with van der Waals surface area (Å²) in [5.41, 5.74) is 2.90. The van der Waals surface area contributed by atoms with Gasteiger partial charge < -0.3 is 20.9 Å². The van der Waals surface area contributed by atoms with E-state index in [0.29, 0.717) is 28.5 Å². The van der Waals surface area contributed by atoms with E-state index >= 15 is 0 Å². The van der Waals surface area contributed by atoms with Gasteiger partial charge in [0.05, 0.1) is 12.1 Å². The van der Waals surface area contributed by atoms with E-state index < -0.39 is 29.5 Å². The molecule has 3 amide bonds. The molecule has 0 saturated carbocycles. The van der Waals surface area contributed by atoms with Gasteiger partial charge in [-0.05, 0) is 49.4 Å². The van der Waals surface area contributed by atoms with Gasteiger partial charge >= 0.3 is 0 Å². The number of halogens is 2. The average Bonchev–Trinajstić information content (AvgIpc) is 3.32. The number of thiazole rings is 1. The van der Waals surface area contributed by atoms with Crippen molar-refractivity contribution in [2.45, 2.75) is 25.8 Å². The number of nitrogens with one attached hydrogen (secondary N) is 3. The third-order valence-corrected chi connectivity index (χ3v) is 6.32. The number of carbonyl (C=O) groups excluding carboxylic acids is 3. The van der Waals surface area contributed by atoms with Crippen LogP contribution >= 0.6 is 11.3 Å². The molecule has 0 aliphatic carbocycles. The van der Waals surface area contributed by atoms with Crippen LogP contribution in [0.1, 0.15) is 18.9 Å². The van der Waals surface area contributed by atoms with E-state index in [4.69, 9.17) is 0 Å². The summed E-state index contributed by atoms with van der Waals surface area (Å²) >= 11 is 1.22. The Kier molecular flexibility index (Phi) is 8.27. The summed E-state index contributed by atoms with van der Waals surface area (Å²) < 4.78 is 26.6. The Morgan fingerprint density at radius 1 is 1.08 bits per heavy atom. The summed E-state index contributed by atoms with van der Waals surface area (Å²) in [4.78, 5) is 43.4. The molecule has 1 aliphatic rings. The van der Waals surface area contributed by atoms with Gasteiger partial charge in [-0.3, -0.25) is 14.4 Å². The normalized spacial score (nSPS) is 13.5. The van der Waals surface area contributed by atoms with E-state index in [-0.39, 0.29) is 17.9 Å². The molecule has 1 atom stereocenters. The Bertz CT molecular complexity index is 1400. The van der Waals surface area contributed by atoms with Crippen LogP contribution in [0.4, 0.5) is 19.6 Å². The zero-order chi connectivity index (χ0) is 27.2. The Morgan fingerprint density at radius 2 is 1.79 bits per heavy atom. The Labute approximate surface area is 222 Å². The highest BCUT2D eigenvalue weighted by atomic mass is 32.1. The lowest BCUT2D eigenvalue weighted by Crippen LogP contribution is -2.42. The SMILES string of the molecule is CC(NC(=O)Cc1cc(F)cc(F)c1)C(=O)Nc1nc(-c2ccc(NC(=O)C3=CN(C)C=CC3)cc2)cs1. The van der Waals surface area contributed by atoms with Crippen molar-refractivity contribution in [3.8, 4) is 11.3 Å². The first-order chi connectivity index (χ1) is 18.2. The van der Waals surface area contributed by atoms with Crippen molar-refractivity contribution in [2.24, 2.45) is 0 Å². The molecule has 0 radical (unpaired) electrons. The summed E-state index contributed by atoms with van der Waals surface area (Å²) in [6.07, 6.45) is 5.89. The number of benzene rings is 2. The standard InChI is InChI=1S/C27H25F2N5O3S/c1-16(30-24(35)12-17-10-20(28)13-21(29)11-17)25(36)33-27-32-23(15-38-27)18-5-7-22(8-6-18)31-26(37)19-4-3-9-34(2)14-19/h3,5-11,13-16H,4,12H2,1-2H3,(H,30,35)(H,31,37)(H,32,33,36). The first-order valence-electron chi connectivity index (χ1n) is 11.7. The minimum Gasteiger partial charge on any atom is -0.357 e. The highest BCUT2D eigenvalue weighted by molar-refractivity contribution is 7.14. The molecule has 0 spiro atoms. The van der Waals surface area contributed by atoms with Crippen LogP contribution in [0, 0.1) is 11.6 Å². The molecule has 0 saturated heterocycles. The summed E-state index contributed by atoms with van der Waals surface area (Å²) in [7, 11) is 1.86. The predicted molar refractivity (Wildman–Crippen MR) is 142 cm³/mol. The van der Waals surface area contributed by atoms with Gasteiger partial charge in [-0.1, -0.05) is 18.2 Å². The Morgan fingerprint density at radius 3 is 2.47 bits per heavy atom. The van der Waals surface area contributed by atoms with Gasteiger partial charge in [0.1, 0.15) is 17.7 Å². The zero-order valence-electron chi connectivity index (χ0n) is 20.6. The lowest BCUT2D eigenvalue weighted by Gasteiger charge is -2.16. The molecule has 11 heteroatoms. The molecule has 2 aromatic carbocycles. The van der Waals surface area contributed by atoms with Gasteiger partial charge in [-0.15, -0.1) is 11.3 Å². The minimum absolute atomic E-state index is 0.165. The molecule has 1 aliphatic heterocycles. The lowest BCUT2D eigenvalue weighted by molar-refractivity contribution is -0.125. The molecule has 3 N–H and O–H groups in total. The highest BCUT2D eigenvalue weighted by Gasteiger charge is 2.18. The Hall–Kier alpha value is -4.38. The van der Waals surface area contributed by atoms with Gasteiger partial charge in [-0.2, -0.15) is 0 Å². The van der Waals surface area contributed by atoms with Gasteiger partial charge in [0.15, 0.2) is 5.13 Å². The van der Waals surface area contributed by atoms with Crippen molar-refractivity contribution in [3.63, 3.8) is 0 Å². The second-order valence-electron chi connectivity index (χ2n) is 8.71. The fourth-order valence-corrected chi connectivity index (χ4v) is 4.43. The van der Waals surface area contributed by atoms with Crippen molar-refractivity contribution < 1.29 is 23.2 Å². The maximum Gasteiger partial charge on any atom is 0.253 e. The van der Waals surface area contributed by atoms with Crippen LogP contribution in [0.5, 0.6) is 0 Å². The van der Waals surface area contributed by atoms with Gasteiger partial charge in [0, 0.05) is 41.5 Å². The van der Waals surface area contributed by atoms with Crippen LogP contribution in [0.2, 0.25) is 0 Å². The monoisotopic (exact) mass is 537 g/mol. The van der Waals surface area contributed by atoms with Gasteiger partial charge in [0.25, 0.3) is 5.91 Å². The zero-order valence-corrected chi connectivity index (χ0v) is 21.4. The summed E-state index contributed by atoms with van der Waals surface area (Å²) in [5.74, 6) is -2.76. The third kappa shape index (κ3) is 7.10. The molecule has 1 aromatic heterocycles. The summed E-state index contributed by atoms with van der Waals surface area (Å²) in [5, 5.41) is 10.2. The number of allylic oxidation sites excluding steroid dienone is 1. The number of carbonyl (C=O) groups is 3. The number of hydrogen-bond acceptors (Lipinski definition) is 6. The van der Waals surface area contributed by atoms with Crippen molar-refractivity contribution in [1.82, 2.24) is 15.2 Å². The molecule has 38 heavy (non-hydrogen) atoms. The quantitative estimate of drug-likeness (QED) is 0.394. The molecule has 1 unspecified atom stereocenters. The van der Waals surface area contributed by atoms with Gasteiger partial charge in [0.2, 0.25) is 11.8 Å². The van der Waals surface area contributed by atoms with Crippen molar-refractivity contribution in [2.75, 3.05) is 17.7 Å². The number of amides is 3. The van der Waals surface area contributed by atoms with Gasteiger partial charge in [-0.25, -0.2) is 13.8 Å². The van der Waals surface area contributed by atoms with Crippen LogP contribution in [0.3, 0.4) is 0 Å². The third-order valence-electron chi connectivity index (χ3n) is 5.56. The van der Waals surface area contributed by atoms with E-state index in [9.17, 15) is 23.2 Å². The molecular formula is C27H25F2N5O3S. The largest absolute Gasteiger partial charge is 0.357 e. The van der Waals surface area contributed by atoms with Crippen molar-refractivity contribution in [3.05, 3.63) is 89.1 Å². The van der Waals surface area contributed by atoms with Crippen molar-refractivity contribution in [1.29, 1.82) is 0 Å². The minimum atomic E-state index is -0.897. The fourth-order valence-electron chi connectivity index (χ4n) is 3.71. The molecule has 4 rings (SSSR count). The topological polar surface area (TPSA) is 103 Å². The van der Waals surface area contributed by atoms with Crippen LogP contribution in [-0.2, 0) is 20.8 Å². The molecule has 3 aromatic rings. The van der Waals surface area contributed by atoms with Crippen LogP contribution in [-0.4, -0.2) is 40.7 Å². The number of rotatable bonds is 8. The smallest absolute Gasteiger partial charge is 0.253 e. The first kappa shape index (κ1) is 26.7. The number of hydrogen-bond donors (Lipinski definition) is 3. The van der Waals surface area contributed by atoms with E-state index in [2.05, 4.69) is 20.9 Å². The van der Waals surface area contributed by atoms with E-state index in [1.54, 1.807) is 23.7 Å². The summed E-state index contributed by atoms with van der Waals surface area (Å²) in [6, 6.07) is 9.13. The van der Waals surface area contributed by atoms with E-state index in [1.165, 1.54) is 18.3 Å². The highest BCUT2D eigenvalue weighted by Crippen LogP contribution is 2.26. The molecule has 0 fully saturated rings. The number of aromatic nitrogens is 1. The molecule has 0 bridgehead atoms. The number of anilines is 2. The summed E-state index contributed by atoms with van der Waals surface area (Å²) in [6.45, 7) is 1.50. The molecule has 8 nitrogen and oxygen atoms in total. The average molecular weight is 538 g/mol. The van der Waals surface area contributed by atoms with Crippen LogP contribution < -0.4 is 16.0 Å². The second kappa shape index (κ2) is 11.8. The predicted octanol–water partition coefficient (Wildman–Crippen LogP) is 4.45. The van der Waals surface area contributed by atoms with Crippen LogP contribution in [0.25, 0.3) is 11.3 Å². The lowest BCUT2D eigenvalue weighted by atomic mass is 10.1. The fraction of sp³-hybridized carbons (Fsp3) is 0.185. The van der Waals surface area contributed by atoms with Crippen LogP contribution in [0.15, 0.2) is 71.9 Å². The number of nitrogens with zero attached hydrogens (tertiary/aromatic N) is 2. The maximum absolute atomic E-state index is 13.3. The van der Waals surface area contributed by atoms with E-state index in [0.717, 1.165) is 23.8 Å². The Balaban J connectivity index is 1.30. The maximum atomic E-state index is 13.3. The molecule has 2 heterocycles. The molecule has 196 valence electrons. The first-order valence-corrected chi connectivity index (χ1v) is 12.6. The molecular weight excluding hydrogens is 512 g/mol. The van der Waals surface area contributed by atoms with E-state index in [1.807, 2.05) is 36.4 Å².